The molecule has 0 radical (unpaired) electrons. The number of benzene rings is 6. The van der Waals surface area contributed by atoms with Gasteiger partial charge in [-0.05, 0) is 163 Å². The fraction of sp³-hybridized carbons (Fsp3) is 0.188. The smallest absolute Gasteiger partial charge is 0.387 e. The second-order valence-electron chi connectivity index (χ2n) is 13.5. The molecule has 0 saturated heterocycles. The SMILES string of the molecule is BrB(Br)Br.COc1ccc(Br)cc1CCc1c(Cl)cccc1C#N.FC(F)Cl.N#Cc1cccc(Cl)c1CCc1cc(Br)ccc1O.N#Cc1cccc(Cl)c1CCc1cc(Br)ccc1OC(F)F. The van der Waals surface area contributed by atoms with Crippen molar-refractivity contribution in [1.82, 2.24) is 0 Å². The Labute approximate surface area is 469 Å². The standard InChI is InChI=1S/C16H11BrClF2NO.C16H13BrClNO.C15H11BrClNO.CHClF2.BBr3/c17-12-5-7-15(22-16(19)20)10(8-12)4-6-13-11(9-21)2-1-3-14(13)18;1-20-16-8-6-13(17)9-11(16)5-7-14-12(10-19)3-2-4-15(14)18;16-12-5-7-15(19)10(8-12)4-6-13-11(9-18)2-1-3-14(13)17;2*2-1(3)4/h1-3,5,7-8,16H,4,6H2;2-4,6,8-9H,5,7H2,1H3;1-3,5,7-8,19H,4,6H2;1H;. The number of hydrogen-bond acceptors (Lipinski definition) is 6. The lowest BCUT2D eigenvalue weighted by molar-refractivity contribution is -0.0504. The Morgan fingerprint density at radius 1 is 0.551 bits per heavy atom. The zero-order chi connectivity index (χ0) is 51.6. The van der Waals surface area contributed by atoms with E-state index in [1.165, 1.54) is 6.07 Å². The summed E-state index contributed by atoms with van der Waals surface area (Å²) in [5.41, 5.74) is 6.66. The molecule has 0 aliphatic carbocycles. The van der Waals surface area contributed by atoms with Crippen LogP contribution >= 0.6 is 141 Å². The van der Waals surface area contributed by atoms with Crippen LogP contribution in [-0.4, -0.2) is 27.9 Å². The van der Waals surface area contributed by atoms with Crippen molar-refractivity contribution in [2.75, 3.05) is 7.11 Å². The van der Waals surface area contributed by atoms with Gasteiger partial charge in [0.25, 0.3) is 0 Å². The highest BCUT2D eigenvalue weighted by atomic mass is 79.9. The third-order valence-electron chi connectivity index (χ3n) is 9.17. The summed E-state index contributed by atoms with van der Waals surface area (Å²) in [6, 6.07) is 38.3. The Balaban J connectivity index is 0.000000329. The number of hydrogen-bond donors (Lipinski definition) is 1. The molecule has 6 nitrogen and oxygen atoms in total. The Kier molecular flexibility index (Phi) is 30.3. The summed E-state index contributed by atoms with van der Waals surface area (Å²) < 4.78 is 57.9. The zero-order valence-electron chi connectivity index (χ0n) is 35.8. The highest BCUT2D eigenvalue weighted by Gasteiger charge is 2.14. The molecule has 0 aromatic heterocycles. The molecule has 21 heteroatoms. The van der Waals surface area contributed by atoms with Crippen LogP contribution in [0.25, 0.3) is 0 Å². The molecule has 0 aliphatic rings. The molecular formula is C48H36BBr6Cl4F4N3O3. The van der Waals surface area contributed by atoms with E-state index < -0.39 is 12.5 Å². The van der Waals surface area contributed by atoms with E-state index in [1.807, 2.05) is 30.3 Å². The van der Waals surface area contributed by atoms with Gasteiger partial charge in [-0.15, -0.1) is 47.3 Å². The Bertz CT molecular complexity index is 2720. The number of phenols is 1. The second-order valence-corrected chi connectivity index (χ2v) is 24.2. The van der Waals surface area contributed by atoms with Crippen LogP contribution in [0.5, 0.6) is 17.2 Å². The maximum Gasteiger partial charge on any atom is 0.387 e. The van der Waals surface area contributed by atoms with Gasteiger partial charge in [0, 0.05) is 28.5 Å². The summed E-state index contributed by atoms with van der Waals surface area (Å²) in [5.74, 6) is -1.46. The first-order valence-corrected chi connectivity index (χ1v) is 26.3. The van der Waals surface area contributed by atoms with Crippen LogP contribution in [0.4, 0.5) is 17.6 Å². The first-order chi connectivity index (χ1) is 32.7. The van der Waals surface area contributed by atoms with Crippen LogP contribution in [0.3, 0.4) is 0 Å². The molecule has 0 heterocycles. The summed E-state index contributed by atoms with van der Waals surface area (Å²) in [6.45, 7) is -2.88. The quantitative estimate of drug-likeness (QED) is 0.0742. The van der Waals surface area contributed by atoms with Gasteiger partial charge in [0.15, 0.2) is 0 Å². The molecule has 1 N–H and O–H groups in total. The zero-order valence-corrected chi connectivity index (χ0v) is 48.3. The highest BCUT2D eigenvalue weighted by Crippen LogP contribution is 2.30. The maximum atomic E-state index is 12.4. The van der Waals surface area contributed by atoms with Crippen LogP contribution in [0.15, 0.2) is 123 Å². The molecule has 0 bridgehead atoms. The van der Waals surface area contributed by atoms with E-state index in [-0.39, 0.29) is 14.7 Å². The number of nitriles is 3. The van der Waals surface area contributed by atoms with E-state index in [0.29, 0.717) is 75.0 Å². The van der Waals surface area contributed by atoms with Gasteiger partial charge < -0.3 is 14.6 Å². The summed E-state index contributed by atoms with van der Waals surface area (Å²) in [5, 5.41) is 38.8. The lowest BCUT2D eigenvalue weighted by Crippen LogP contribution is -2.05. The van der Waals surface area contributed by atoms with E-state index in [9.17, 15) is 22.7 Å². The first kappa shape index (κ1) is 62.1. The summed E-state index contributed by atoms with van der Waals surface area (Å²) in [6.07, 6.45) is 3.60. The summed E-state index contributed by atoms with van der Waals surface area (Å²) in [4.78, 5) is 0. The predicted molar refractivity (Wildman–Crippen MR) is 292 cm³/mol. The molecule has 6 rings (SSSR count). The van der Waals surface area contributed by atoms with Crippen molar-refractivity contribution >= 4 is 145 Å². The number of aromatic hydroxyl groups is 1. The molecule has 362 valence electrons. The molecule has 0 unspecified atom stereocenters. The minimum atomic E-state index is -2.88. The number of phenolic OH excluding ortho intramolecular Hbond substituents is 1. The van der Waals surface area contributed by atoms with Crippen molar-refractivity contribution < 1.29 is 32.1 Å². The summed E-state index contributed by atoms with van der Waals surface area (Å²) in [7, 11) is 1.66. The van der Waals surface area contributed by atoms with Gasteiger partial charge >= 0.3 is 15.7 Å². The van der Waals surface area contributed by atoms with Crippen LogP contribution in [0, 0.1) is 34.0 Å². The molecule has 0 amide bonds. The minimum absolute atomic E-state index is 0.128. The predicted octanol–water partition coefficient (Wildman–Crippen LogP) is 18.2. The topological polar surface area (TPSA) is 110 Å². The highest BCUT2D eigenvalue weighted by molar-refractivity contribution is 9.69. The van der Waals surface area contributed by atoms with Crippen molar-refractivity contribution in [3.63, 3.8) is 0 Å². The molecule has 69 heavy (non-hydrogen) atoms. The molecule has 0 fully saturated rings. The lowest BCUT2D eigenvalue weighted by Gasteiger charge is -2.12. The van der Waals surface area contributed by atoms with Gasteiger partial charge in [-0.1, -0.05) is 112 Å². The Morgan fingerprint density at radius 2 is 0.870 bits per heavy atom. The van der Waals surface area contributed by atoms with Crippen molar-refractivity contribution in [1.29, 1.82) is 15.8 Å². The van der Waals surface area contributed by atoms with Crippen molar-refractivity contribution in [2.45, 2.75) is 51.0 Å². The van der Waals surface area contributed by atoms with E-state index in [2.05, 4.69) is 130 Å². The molecule has 6 aromatic rings. The fourth-order valence-corrected chi connectivity index (χ4v) is 8.22. The lowest BCUT2D eigenvalue weighted by atomic mass is 10.00. The number of nitrogens with zero attached hydrogens (tertiary/aromatic N) is 3. The van der Waals surface area contributed by atoms with Crippen LogP contribution in [0.2, 0.25) is 15.1 Å². The van der Waals surface area contributed by atoms with Gasteiger partial charge in [0.05, 0.1) is 42.0 Å². The third-order valence-corrected chi connectivity index (χ3v) is 11.7. The number of methoxy groups -OCH3 is 1. The van der Waals surface area contributed by atoms with E-state index in [4.69, 9.17) is 55.3 Å². The summed E-state index contributed by atoms with van der Waals surface area (Å²) >= 11 is 41.8. The van der Waals surface area contributed by atoms with Crippen LogP contribution < -0.4 is 9.47 Å². The average Bonchev–Trinajstić information content (AvgIpc) is 3.29. The molecular weight excluding hydrogens is 1370 g/mol. The number of halogens is 14. The molecule has 6 aromatic carbocycles. The third kappa shape index (κ3) is 23.4. The van der Waals surface area contributed by atoms with E-state index in [1.54, 1.807) is 79.9 Å². The van der Waals surface area contributed by atoms with Gasteiger partial charge in [-0.3, -0.25) is 0 Å². The number of ether oxygens (including phenoxy) is 2. The van der Waals surface area contributed by atoms with Gasteiger partial charge in [0.1, 0.15) is 17.2 Å². The van der Waals surface area contributed by atoms with Crippen LogP contribution in [-0.2, 0) is 38.5 Å². The van der Waals surface area contributed by atoms with Gasteiger partial charge in [-0.2, -0.15) is 33.3 Å². The van der Waals surface area contributed by atoms with E-state index in [0.717, 1.165) is 47.8 Å². The van der Waals surface area contributed by atoms with Gasteiger partial charge in [0.2, 0.25) is 0 Å². The molecule has 0 aliphatic heterocycles. The molecule has 0 spiro atoms. The van der Waals surface area contributed by atoms with Crippen molar-refractivity contribution in [3.8, 4) is 35.5 Å². The number of aryl methyl sites for hydroxylation is 3. The Morgan fingerprint density at radius 3 is 1.22 bits per heavy atom. The minimum Gasteiger partial charge on any atom is -0.508 e. The largest absolute Gasteiger partial charge is 0.508 e. The van der Waals surface area contributed by atoms with Crippen molar-refractivity contribution in [3.05, 3.63) is 188 Å². The molecule has 0 saturated carbocycles. The fourth-order valence-electron chi connectivity index (χ4n) is 6.18. The van der Waals surface area contributed by atoms with Crippen LogP contribution in [0.1, 0.15) is 50.1 Å². The van der Waals surface area contributed by atoms with Gasteiger partial charge in [-0.25, -0.2) is 0 Å². The van der Waals surface area contributed by atoms with Crippen molar-refractivity contribution in [2.24, 2.45) is 0 Å². The Hall–Kier alpha value is -2.99. The normalized spacial score (nSPS) is 10.0. The maximum absolute atomic E-state index is 12.4. The second kappa shape index (κ2) is 33.6. The number of rotatable bonds is 12. The average molecular weight is 1410 g/mol. The first-order valence-electron chi connectivity index (χ1n) is 19.6. The number of alkyl halides is 5. The molecule has 0 atom stereocenters. The van der Waals surface area contributed by atoms with E-state index >= 15 is 0 Å². The monoisotopic (exact) mass is 1400 g/mol.